The van der Waals surface area contributed by atoms with E-state index in [1.165, 1.54) is 0 Å². The summed E-state index contributed by atoms with van der Waals surface area (Å²) in [6, 6.07) is 6.44. The molecule has 1 aliphatic heterocycles. The Balaban J connectivity index is 1.43. The first-order chi connectivity index (χ1) is 12.7. The van der Waals surface area contributed by atoms with Gasteiger partial charge in [-0.05, 0) is 37.0 Å². The molecule has 0 radical (unpaired) electrons. The van der Waals surface area contributed by atoms with E-state index >= 15 is 0 Å². The number of benzene rings is 1. The van der Waals surface area contributed by atoms with Gasteiger partial charge in [0.15, 0.2) is 17.5 Å². The third-order valence-corrected chi connectivity index (χ3v) is 4.41. The van der Waals surface area contributed by atoms with Gasteiger partial charge in [-0.15, -0.1) is 0 Å². The summed E-state index contributed by atoms with van der Waals surface area (Å²) in [6.07, 6.45) is 3.59. The number of fused-ring (bicyclic) bond motifs is 1. The summed E-state index contributed by atoms with van der Waals surface area (Å²) >= 11 is 0. The molecular weight excluding hydrogens is 332 g/mol. The second kappa shape index (κ2) is 8.78. The molecule has 7 heteroatoms. The van der Waals surface area contributed by atoms with Crippen LogP contribution in [0.5, 0.6) is 11.5 Å². The van der Waals surface area contributed by atoms with Gasteiger partial charge in [0.1, 0.15) is 13.2 Å². The van der Waals surface area contributed by atoms with Crippen LogP contribution in [-0.4, -0.2) is 56.7 Å². The van der Waals surface area contributed by atoms with E-state index in [2.05, 4.69) is 20.5 Å². The number of hydrogen-bond acceptors (Lipinski definition) is 4. The van der Waals surface area contributed by atoms with Crippen molar-refractivity contribution in [1.29, 1.82) is 0 Å². The Morgan fingerprint density at radius 1 is 1.27 bits per heavy atom. The van der Waals surface area contributed by atoms with Crippen LogP contribution in [0.3, 0.4) is 0 Å². The molecule has 0 saturated heterocycles. The fraction of sp³-hybridized carbons (Fsp3) is 0.579. The summed E-state index contributed by atoms with van der Waals surface area (Å²) in [6.45, 7) is 2.61. The predicted octanol–water partition coefficient (Wildman–Crippen LogP) is 1.52. The molecule has 1 amide bonds. The molecule has 142 valence electrons. The second-order valence-corrected chi connectivity index (χ2v) is 6.75. The number of aliphatic imine (C=N–C) groups is 1. The van der Waals surface area contributed by atoms with E-state index in [-0.39, 0.29) is 5.91 Å². The highest BCUT2D eigenvalue weighted by atomic mass is 16.6. The molecule has 26 heavy (non-hydrogen) atoms. The summed E-state index contributed by atoms with van der Waals surface area (Å²) < 4.78 is 11.2. The molecule has 0 spiro atoms. The molecular formula is C19H28N4O3. The van der Waals surface area contributed by atoms with E-state index in [9.17, 15) is 4.79 Å². The number of hydrogen-bond donors (Lipinski definition) is 2. The molecule has 3 rings (SSSR count). The summed E-state index contributed by atoms with van der Waals surface area (Å²) in [5.74, 6) is 2.55. The maximum absolute atomic E-state index is 11.7. The Kier molecular flexibility index (Phi) is 6.20. The van der Waals surface area contributed by atoms with E-state index in [0.717, 1.165) is 48.8 Å². The molecule has 1 aliphatic carbocycles. The molecule has 1 saturated carbocycles. The summed E-state index contributed by atoms with van der Waals surface area (Å²) in [5, 5.41) is 6.32. The van der Waals surface area contributed by atoms with Crippen LogP contribution in [0.15, 0.2) is 23.2 Å². The largest absolute Gasteiger partial charge is 0.486 e. The lowest BCUT2D eigenvalue weighted by Crippen LogP contribution is -2.39. The molecule has 1 aromatic carbocycles. The standard InChI is InChI=1S/C19H28N4O3/c1-20-19(21-9-3-4-18(24)22-15-6-7-15)23(2)13-14-5-8-16-17(12-14)26-11-10-25-16/h5,8,12,15H,3-4,6-7,9-11,13H2,1-2H3,(H,20,21)(H,22,24). The van der Waals surface area contributed by atoms with E-state index in [1.54, 1.807) is 7.05 Å². The molecule has 0 atom stereocenters. The third kappa shape index (κ3) is 5.28. The Hall–Kier alpha value is -2.44. The molecule has 1 fully saturated rings. The number of nitrogens with zero attached hydrogens (tertiary/aromatic N) is 2. The van der Waals surface area contributed by atoms with E-state index in [1.807, 2.05) is 25.2 Å². The van der Waals surface area contributed by atoms with Crippen molar-refractivity contribution in [3.63, 3.8) is 0 Å². The van der Waals surface area contributed by atoms with Crippen molar-refractivity contribution in [2.45, 2.75) is 38.3 Å². The van der Waals surface area contributed by atoms with E-state index < -0.39 is 0 Å². The van der Waals surface area contributed by atoms with Crippen LogP contribution in [-0.2, 0) is 11.3 Å². The van der Waals surface area contributed by atoms with Crippen molar-refractivity contribution in [1.82, 2.24) is 15.5 Å². The number of carbonyl (C=O) groups is 1. The highest BCUT2D eigenvalue weighted by Gasteiger charge is 2.22. The summed E-state index contributed by atoms with van der Waals surface area (Å²) in [7, 11) is 3.76. The van der Waals surface area contributed by atoms with Crippen molar-refractivity contribution in [3.05, 3.63) is 23.8 Å². The minimum Gasteiger partial charge on any atom is -0.486 e. The summed E-state index contributed by atoms with van der Waals surface area (Å²) in [5.41, 5.74) is 1.13. The van der Waals surface area contributed by atoms with Gasteiger partial charge in [0.2, 0.25) is 5.91 Å². The fourth-order valence-corrected chi connectivity index (χ4v) is 2.90. The SMILES string of the molecule is CN=C(NCCCC(=O)NC1CC1)N(C)Cc1ccc2c(c1)OCCO2. The lowest BCUT2D eigenvalue weighted by Gasteiger charge is -2.23. The van der Waals surface area contributed by atoms with Crippen LogP contribution in [0.25, 0.3) is 0 Å². The molecule has 2 aliphatic rings. The zero-order chi connectivity index (χ0) is 18.4. The molecule has 1 heterocycles. The lowest BCUT2D eigenvalue weighted by molar-refractivity contribution is -0.121. The van der Waals surface area contributed by atoms with Crippen LogP contribution in [0.2, 0.25) is 0 Å². The topological polar surface area (TPSA) is 75.2 Å². The van der Waals surface area contributed by atoms with Crippen molar-refractivity contribution < 1.29 is 14.3 Å². The van der Waals surface area contributed by atoms with Gasteiger partial charge in [-0.1, -0.05) is 6.07 Å². The quantitative estimate of drug-likeness (QED) is 0.438. The highest BCUT2D eigenvalue weighted by molar-refractivity contribution is 5.80. The Labute approximate surface area is 154 Å². The smallest absolute Gasteiger partial charge is 0.220 e. The van der Waals surface area contributed by atoms with Crippen LogP contribution >= 0.6 is 0 Å². The zero-order valence-corrected chi connectivity index (χ0v) is 15.6. The molecule has 0 unspecified atom stereocenters. The zero-order valence-electron chi connectivity index (χ0n) is 15.6. The Morgan fingerprint density at radius 2 is 2.04 bits per heavy atom. The van der Waals surface area contributed by atoms with E-state index in [4.69, 9.17) is 9.47 Å². The average Bonchev–Trinajstić information content (AvgIpc) is 3.45. The number of amides is 1. The van der Waals surface area contributed by atoms with Gasteiger partial charge in [0, 0.05) is 39.6 Å². The number of ether oxygens (including phenoxy) is 2. The van der Waals surface area contributed by atoms with Gasteiger partial charge in [-0.25, -0.2) is 0 Å². The van der Waals surface area contributed by atoms with Gasteiger partial charge < -0.3 is 25.0 Å². The normalized spacial score (nSPS) is 16.2. The van der Waals surface area contributed by atoms with Gasteiger partial charge in [0.25, 0.3) is 0 Å². The van der Waals surface area contributed by atoms with Crippen LogP contribution in [0.4, 0.5) is 0 Å². The molecule has 1 aromatic rings. The first-order valence-corrected chi connectivity index (χ1v) is 9.25. The van der Waals surface area contributed by atoms with E-state index in [0.29, 0.717) is 32.2 Å². The van der Waals surface area contributed by atoms with Crippen molar-refractivity contribution in [2.75, 3.05) is 33.9 Å². The average molecular weight is 360 g/mol. The third-order valence-electron chi connectivity index (χ3n) is 4.41. The van der Waals surface area contributed by atoms with Crippen molar-refractivity contribution >= 4 is 11.9 Å². The van der Waals surface area contributed by atoms with Crippen LogP contribution in [0, 0.1) is 0 Å². The van der Waals surface area contributed by atoms with Crippen molar-refractivity contribution in [3.8, 4) is 11.5 Å². The molecule has 0 bridgehead atoms. The van der Waals surface area contributed by atoms with Crippen LogP contribution < -0.4 is 20.1 Å². The Morgan fingerprint density at radius 3 is 2.77 bits per heavy atom. The Bertz CT molecular complexity index is 658. The number of carbonyl (C=O) groups excluding carboxylic acids is 1. The molecule has 2 N–H and O–H groups in total. The second-order valence-electron chi connectivity index (χ2n) is 6.75. The molecule has 0 aromatic heterocycles. The fourth-order valence-electron chi connectivity index (χ4n) is 2.90. The van der Waals surface area contributed by atoms with Gasteiger partial charge in [-0.3, -0.25) is 9.79 Å². The monoisotopic (exact) mass is 360 g/mol. The van der Waals surface area contributed by atoms with Gasteiger partial charge in [-0.2, -0.15) is 0 Å². The summed E-state index contributed by atoms with van der Waals surface area (Å²) in [4.78, 5) is 18.1. The van der Waals surface area contributed by atoms with Gasteiger partial charge >= 0.3 is 0 Å². The lowest BCUT2D eigenvalue weighted by atomic mass is 10.2. The maximum Gasteiger partial charge on any atom is 0.220 e. The maximum atomic E-state index is 11.7. The van der Waals surface area contributed by atoms with Crippen molar-refractivity contribution in [2.24, 2.45) is 4.99 Å². The predicted molar refractivity (Wildman–Crippen MR) is 101 cm³/mol. The minimum atomic E-state index is 0.147. The molecule has 7 nitrogen and oxygen atoms in total. The number of nitrogens with one attached hydrogen (secondary N) is 2. The minimum absolute atomic E-state index is 0.147. The number of guanidine groups is 1. The highest BCUT2D eigenvalue weighted by Crippen LogP contribution is 2.31. The van der Waals surface area contributed by atoms with Crippen LogP contribution in [0.1, 0.15) is 31.2 Å². The van der Waals surface area contributed by atoms with Gasteiger partial charge in [0.05, 0.1) is 0 Å². The first kappa shape index (κ1) is 18.4. The number of rotatable bonds is 7. The first-order valence-electron chi connectivity index (χ1n) is 9.25.